The lowest BCUT2D eigenvalue weighted by atomic mass is 10.1. The lowest BCUT2D eigenvalue weighted by Crippen LogP contribution is -2.19. The Hall–Kier alpha value is -2.81. The van der Waals surface area contributed by atoms with Crippen LogP contribution in [0.5, 0.6) is 0 Å². The fourth-order valence-corrected chi connectivity index (χ4v) is 2.17. The molecule has 0 aromatic heterocycles. The quantitative estimate of drug-likeness (QED) is 0.602. The highest BCUT2D eigenvalue weighted by Gasteiger charge is 2.38. The van der Waals surface area contributed by atoms with E-state index in [9.17, 15) is 28.1 Å². The van der Waals surface area contributed by atoms with Crippen molar-refractivity contribution in [3.63, 3.8) is 0 Å². The van der Waals surface area contributed by atoms with Crippen LogP contribution in [0, 0.1) is 10.1 Å². The first-order chi connectivity index (χ1) is 11.7. The summed E-state index contributed by atoms with van der Waals surface area (Å²) in [4.78, 5) is 21.7. The number of nitro benzene ring substituents is 1. The third-order valence-electron chi connectivity index (χ3n) is 3.02. The van der Waals surface area contributed by atoms with E-state index in [1.54, 1.807) is 35.6 Å². The molecule has 0 bridgehead atoms. The number of nitrogens with zero attached hydrogens (tertiary/aromatic N) is 1. The molecule has 0 heterocycles. The van der Waals surface area contributed by atoms with Gasteiger partial charge in [0.15, 0.2) is 0 Å². The molecule has 2 rings (SSSR count). The van der Waals surface area contributed by atoms with E-state index in [1.165, 1.54) is 0 Å². The van der Waals surface area contributed by atoms with E-state index < -0.39 is 39.2 Å². The number of carbonyl (C=O) groups is 1. The number of carbonyl (C=O) groups excluding carboxylic acids is 1. The number of ether oxygens (including phenoxy) is 1. The summed E-state index contributed by atoms with van der Waals surface area (Å²) in [5, 5.41) is 12.3. The fourth-order valence-electron chi connectivity index (χ4n) is 1.95. The first kappa shape index (κ1) is 18.5. The molecule has 10 heteroatoms. The summed E-state index contributed by atoms with van der Waals surface area (Å²) in [6.07, 6.45) is -6.22. The summed E-state index contributed by atoms with van der Waals surface area (Å²) >= 11 is 5.50. The van der Waals surface area contributed by atoms with Crippen LogP contribution in [0.2, 0.25) is 5.02 Å². The van der Waals surface area contributed by atoms with Gasteiger partial charge in [-0.05, 0) is 11.6 Å². The molecule has 0 unspecified atom stereocenters. The highest BCUT2D eigenvalue weighted by Crippen LogP contribution is 2.41. The normalized spacial score (nSPS) is 11.0. The number of halogens is 4. The van der Waals surface area contributed by atoms with Crippen molar-refractivity contribution in [2.24, 2.45) is 0 Å². The first-order valence-corrected chi connectivity index (χ1v) is 7.09. The number of nitro groups is 1. The van der Waals surface area contributed by atoms with Crippen LogP contribution in [0.1, 0.15) is 11.1 Å². The van der Waals surface area contributed by atoms with E-state index in [0.29, 0.717) is 17.7 Å². The summed E-state index contributed by atoms with van der Waals surface area (Å²) in [5.41, 5.74) is -2.86. The van der Waals surface area contributed by atoms with Crippen molar-refractivity contribution in [3.05, 3.63) is 68.7 Å². The Labute approximate surface area is 144 Å². The molecule has 0 aliphatic rings. The molecule has 2 aromatic carbocycles. The van der Waals surface area contributed by atoms with Crippen molar-refractivity contribution < 1.29 is 27.6 Å². The van der Waals surface area contributed by atoms with Crippen LogP contribution in [0.4, 0.5) is 29.3 Å². The molecule has 0 aliphatic carbocycles. The standard InChI is InChI=1S/C15H10ClF3N2O4/c16-10-6-11(15(17,18)19)13(12(7-10)21(23)24)20-14(22)25-8-9-4-2-1-3-5-9/h1-7H,8H2,(H,20,22). The minimum absolute atomic E-state index is 0.213. The van der Waals surface area contributed by atoms with E-state index in [-0.39, 0.29) is 6.61 Å². The maximum atomic E-state index is 13.1. The van der Waals surface area contributed by atoms with Gasteiger partial charge in [-0.25, -0.2) is 4.79 Å². The van der Waals surface area contributed by atoms with Crippen molar-refractivity contribution in [1.82, 2.24) is 0 Å². The van der Waals surface area contributed by atoms with Gasteiger partial charge in [0.1, 0.15) is 12.3 Å². The second-order valence-electron chi connectivity index (χ2n) is 4.79. The third kappa shape index (κ3) is 4.83. The van der Waals surface area contributed by atoms with Crippen molar-refractivity contribution in [2.45, 2.75) is 12.8 Å². The zero-order valence-corrected chi connectivity index (χ0v) is 13.1. The Balaban J connectivity index is 2.27. The van der Waals surface area contributed by atoms with E-state index in [1.807, 2.05) is 0 Å². The van der Waals surface area contributed by atoms with Gasteiger partial charge in [-0.1, -0.05) is 41.9 Å². The zero-order valence-electron chi connectivity index (χ0n) is 12.3. The van der Waals surface area contributed by atoms with Crippen LogP contribution >= 0.6 is 11.6 Å². The van der Waals surface area contributed by atoms with E-state index in [2.05, 4.69) is 0 Å². The van der Waals surface area contributed by atoms with Gasteiger partial charge in [0.25, 0.3) is 5.69 Å². The molecule has 0 atom stereocenters. The molecule has 1 N–H and O–H groups in total. The average molecular weight is 375 g/mol. The fraction of sp³-hybridized carbons (Fsp3) is 0.133. The van der Waals surface area contributed by atoms with Crippen molar-refractivity contribution in [1.29, 1.82) is 0 Å². The van der Waals surface area contributed by atoms with Gasteiger partial charge in [-0.3, -0.25) is 15.4 Å². The smallest absolute Gasteiger partial charge is 0.418 e. The zero-order chi connectivity index (χ0) is 18.6. The van der Waals surface area contributed by atoms with Gasteiger partial charge >= 0.3 is 12.3 Å². The second kappa shape index (κ2) is 7.39. The van der Waals surface area contributed by atoms with Gasteiger partial charge in [0, 0.05) is 11.1 Å². The molecule has 0 radical (unpaired) electrons. The van der Waals surface area contributed by atoms with Crippen LogP contribution in [-0.2, 0) is 17.5 Å². The Morgan fingerprint density at radius 3 is 2.44 bits per heavy atom. The molecular formula is C15H10ClF3N2O4. The Morgan fingerprint density at radius 1 is 1.24 bits per heavy atom. The topological polar surface area (TPSA) is 81.5 Å². The average Bonchev–Trinajstić information content (AvgIpc) is 2.54. The minimum Gasteiger partial charge on any atom is -0.444 e. The monoisotopic (exact) mass is 374 g/mol. The summed E-state index contributed by atoms with van der Waals surface area (Å²) < 4.78 is 44.1. The van der Waals surface area contributed by atoms with Crippen LogP contribution in [-0.4, -0.2) is 11.0 Å². The SMILES string of the molecule is O=C(Nc1c([N+](=O)[O-])cc(Cl)cc1C(F)(F)F)OCc1ccccc1. The van der Waals surface area contributed by atoms with E-state index in [4.69, 9.17) is 16.3 Å². The van der Waals surface area contributed by atoms with Crippen LogP contribution in [0.15, 0.2) is 42.5 Å². The molecule has 0 fully saturated rings. The number of hydrogen-bond donors (Lipinski definition) is 1. The van der Waals surface area contributed by atoms with E-state index >= 15 is 0 Å². The van der Waals surface area contributed by atoms with Crippen molar-refractivity contribution >= 4 is 29.1 Å². The molecule has 0 saturated heterocycles. The highest BCUT2D eigenvalue weighted by molar-refractivity contribution is 6.31. The molecule has 0 aliphatic heterocycles. The molecule has 25 heavy (non-hydrogen) atoms. The predicted molar refractivity (Wildman–Crippen MR) is 83.4 cm³/mol. The van der Waals surface area contributed by atoms with Crippen LogP contribution < -0.4 is 5.32 Å². The molecule has 0 spiro atoms. The predicted octanol–water partition coefficient (Wildman–Crippen LogP) is 5.02. The Bertz CT molecular complexity index is 797. The third-order valence-corrected chi connectivity index (χ3v) is 3.24. The lowest BCUT2D eigenvalue weighted by molar-refractivity contribution is -0.384. The number of anilines is 1. The van der Waals surface area contributed by atoms with Crippen LogP contribution in [0.25, 0.3) is 0 Å². The van der Waals surface area contributed by atoms with Crippen molar-refractivity contribution in [2.75, 3.05) is 5.32 Å². The lowest BCUT2D eigenvalue weighted by Gasteiger charge is -2.14. The first-order valence-electron chi connectivity index (χ1n) is 6.71. The number of hydrogen-bond acceptors (Lipinski definition) is 4. The second-order valence-corrected chi connectivity index (χ2v) is 5.23. The Morgan fingerprint density at radius 2 is 1.88 bits per heavy atom. The Kier molecular flexibility index (Phi) is 5.48. The van der Waals surface area contributed by atoms with Gasteiger partial charge in [-0.2, -0.15) is 13.2 Å². The number of rotatable bonds is 4. The van der Waals surface area contributed by atoms with Gasteiger partial charge in [-0.15, -0.1) is 0 Å². The number of alkyl halides is 3. The molecule has 0 saturated carbocycles. The van der Waals surface area contributed by atoms with E-state index in [0.717, 1.165) is 0 Å². The summed E-state index contributed by atoms with van der Waals surface area (Å²) in [7, 11) is 0. The molecule has 1 amide bonds. The minimum atomic E-state index is -4.96. The number of amides is 1. The van der Waals surface area contributed by atoms with Crippen molar-refractivity contribution in [3.8, 4) is 0 Å². The number of nitrogens with one attached hydrogen (secondary N) is 1. The van der Waals surface area contributed by atoms with Gasteiger partial charge < -0.3 is 4.74 Å². The summed E-state index contributed by atoms with van der Waals surface area (Å²) in [5.74, 6) is 0. The maximum absolute atomic E-state index is 13.1. The molecule has 132 valence electrons. The van der Waals surface area contributed by atoms with Gasteiger partial charge in [0.2, 0.25) is 0 Å². The van der Waals surface area contributed by atoms with Crippen LogP contribution in [0.3, 0.4) is 0 Å². The summed E-state index contributed by atoms with van der Waals surface area (Å²) in [6, 6.07) is 9.57. The molecule has 6 nitrogen and oxygen atoms in total. The largest absolute Gasteiger partial charge is 0.444 e. The molecule has 2 aromatic rings. The van der Waals surface area contributed by atoms with Gasteiger partial charge in [0.05, 0.1) is 10.5 Å². The number of benzene rings is 2. The summed E-state index contributed by atoms with van der Waals surface area (Å²) in [6.45, 7) is -0.213. The highest BCUT2D eigenvalue weighted by atomic mass is 35.5. The molecular weight excluding hydrogens is 365 g/mol. The maximum Gasteiger partial charge on any atom is 0.418 e.